The number of hydrogen-bond donors (Lipinski definition) is 0. The SMILES string of the molecule is CC.CC.c1ccc(N2c3ccccc3-c3c(n(-c4cccc(-n5c6c(c7cnccc75)-c5ccccc5N(c5ccccc5)c5ccccc5-6)c4)c4ccccc34)-c3ccccc32)cc1. The fourth-order valence-electron chi connectivity index (χ4n) is 10.2. The van der Waals surface area contributed by atoms with Crippen molar-refractivity contribution < 1.29 is 0 Å². The Morgan fingerprint density at radius 2 is 0.697 bits per heavy atom. The number of pyridine rings is 1. The third-order valence-electron chi connectivity index (χ3n) is 12.6. The summed E-state index contributed by atoms with van der Waals surface area (Å²) in [7, 11) is 0. The van der Waals surface area contributed by atoms with E-state index in [1.807, 2.05) is 40.1 Å². The molecule has 8 aromatic carbocycles. The summed E-state index contributed by atoms with van der Waals surface area (Å²) in [5, 5.41) is 2.32. The Labute approximate surface area is 386 Å². The van der Waals surface area contributed by atoms with Crippen LogP contribution in [-0.2, 0) is 0 Å². The summed E-state index contributed by atoms with van der Waals surface area (Å²) in [6.45, 7) is 8.00. The van der Waals surface area contributed by atoms with Gasteiger partial charge in [-0.1, -0.05) is 161 Å². The highest BCUT2D eigenvalue weighted by Crippen LogP contribution is 2.56. The molecule has 2 aliphatic rings. The smallest absolute Gasteiger partial charge is 0.0641 e. The summed E-state index contributed by atoms with van der Waals surface area (Å²) in [4.78, 5) is 9.57. The molecule has 0 atom stereocenters. The molecule has 0 radical (unpaired) electrons. The van der Waals surface area contributed by atoms with Crippen LogP contribution in [-0.4, -0.2) is 14.1 Å². The Balaban J connectivity index is 0.00000117. The van der Waals surface area contributed by atoms with Crippen molar-refractivity contribution in [2.24, 2.45) is 0 Å². The molecule has 3 aromatic heterocycles. The number of benzene rings is 8. The maximum atomic E-state index is 4.75. The molecule has 0 spiro atoms. The van der Waals surface area contributed by atoms with Crippen LogP contribution in [0.3, 0.4) is 0 Å². The van der Waals surface area contributed by atoms with E-state index in [4.69, 9.17) is 4.98 Å². The maximum Gasteiger partial charge on any atom is 0.0641 e. The molecule has 13 rings (SSSR count). The van der Waals surface area contributed by atoms with Gasteiger partial charge in [-0.2, -0.15) is 0 Å². The lowest BCUT2D eigenvalue weighted by molar-refractivity contribution is 1.09. The van der Waals surface area contributed by atoms with Crippen molar-refractivity contribution in [3.8, 4) is 56.1 Å². The van der Waals surface area contributed by atoms with E-state index >= 15 is 0 Å². The summed E-state index contributed by atoms with van der Waals surface area (Å²) in [6.07, 6.45) is 3.96. The molecule has 66 heavy (non-hydrogen) atoms. The van der Waals surface area contributed by atoms with E-state index in [-0.39, 0.29) is 0 Å². The van der Waals surface area contributed by atoms with Gasteiger partial charge in [0, 0.05) is 79.3 Å². The van der Waals surface area contributed by atoms with Crippen molar-refractivity contribution in [2.45, 2.75) is 27.7 Å². The highest BCUT2D eigenvalue weighted by molar-refractivity contribution is 6.14. The van der Waals surface area contributed by atoms with Gasteiger partial charge in [0.05, 0.1) is 45.2 Å². The van der Waals surface area contributed by atoms with Crippen molar-refractivity contribution in [2.75, 3.05) is 9.80 Å². The minimum absolute atomic E-state index is 1.07. The normalized spacial score (nSPS) is 11.9. The zero-order chi connectivity index (χ0) is 44.7. The van der Waals surface area contributed by atoms with Gasteiger partial charge < -0.3 is 18.9 Å². The van der Waals surface area contributed by atoms with Crippen LogP contribution in [0.25, 0.3) is 77.9 Å². The van der Waals surface area contributed by atoms with Gasteiger partial charge in [0.15, 0.2) is 0 Å². The minimum Gasteiger partial charge on any atom is -0.309 e. The first kappa shape index (κ1) is 40.4. The monoisotopic (exact) mass is 851 g/mol. The molecule has 0 amide bonds. The average Bonchev–Trinajstić information content (AvgIpc) is 3.84. The maximum absolute atomic E-state index is 4.75. The largest absolute Gasteiger partial charge is 0.309 e. The highest BCUT2D eigenvalue weighted by Gasteiger charge is 2.33. The van der Waals surface area contributed by atoms with Gasteiger partial charge in [0.2, 0.25) is 0 Å². The van der Waals surface area contributed by atoms with E-state index in [1.165, 1.54) is 33.3 Å². The fraction of sp³-hybridized carbons (Fsp3) is 0.0656. The number of rotatable bonds is 4. The molecule has 0 fully saturated rings. The van der Waals surface area contributed by atoms with Crippen molar-refractivity contribution in [3.05, 3.63) is 225 Å². The summed E-state index contributed by atoms with van der Waals surface area (Å²) in [5.41, 5.74) is 20.6. The van der Waals surface area contributed by atoms with Crippen LogP contribution in [0.4, 0.5) is 34.1 Å². The molecule has 5 heteroatoms. The molecule has 0 bridgehead atoms. The molecule has 2 aliphatic heterocycles. The predicted molar refractivity (Wildman–Crippen MR) is 279 cm³/mol. The second-order valence-electron chi connectivity index (χ2n) is 16.0. The zero-order valence-electron chi connectivity index (χ0n) is 37.6. The second kappa shape index (κ2) is 16.9. The van der Waals surface area contributed by atoms with E-state index in [9.17, 15) is 0 Å². The van der Waals surface area contributed by atoms with Gasteiger partial charge >= 0.3 is 0 Å². The number of para-hydroxylation sites is 7. The average molecular weight is 852 g/mol. The van der Waals surface area contributed by atoms with E-state index in [1.54, 1.807) is 0 Å². The molecule has 0 N–H and O–H groups in total. The van der Waals surface area contributed by atoms with Gasteiger partial charge in [-0.25, -0.2) is 0 Å². The molecule has 11 aromatic rings. The molecule has 0 saturated heterocycles. The van der Waals surface area contributed by atoms with Gasteiger partial charge in [0.25, 0.3) is 0 Å². The van der Waals surface area contributed by atoms with Gasteiger partial charge in [-0.05, 0) is 78.9 Å². The van der Waals surface area contributed by atoms with Crippen molar-refractivity contribution in [3.63, 3.8) is 0 Å². The minimum atomic E-state index is 1.07. The fourth-order valence-corrected chi connectivity index (χ4v) is 10.2. The van der Waals surface area contributed by atoms with Crippen LogP contribution in [0.5, 0.6) is 0 Å². The molecule has 5 nitrogen and oxygen atoms in total. The molecule has 0 saturated carbocycles. The number of hydrogen-bond acceptors (Lipinski definition) is 3. The van der Waals surface area contributed by atoms with Crippen molar-refractivity contribution >= 4 is 55.9 Å². The predicted octanol–water partition coefficient (Wildman–Crippen LogP) is 17.3. The Bertz CT molecular complexity index is 3310. The third kappa shape index (κ3) is 6.19. The first-order valence-electron chi connectivity index (χ1n) is 23.1. The molecular weight excluding hydrogens is 803 g/mol. The standard InChI is InChI=1S/C57H37N5.2C2H6/c1-3-18-38(19-4-1)59-48-29-12-7-24-42(48)54-44-26-9-14-31-50(44)61(56(54)45-27-10-15-32-51(45)59)40-22-17-23-41(36-40)62-53-34-35-58-37-47(53)55-43-25-8-13-30-49(43)60(39-20-5-2-6-21-39)52-33-16-11-28-46(52)57(55)62;2*1-2/h1-37H;2*1-2H3. The first-order valence-corrected chi connectivity index (χ1v) is 23.1. The summed E-state index contributed by atoms with van der Waals surface area (Å²) in [6, 6.07) is 77.0. The van der Waals surface area contributed by atoms with Gasteiger partial charge in [-0.15, -0.1) is 0 Å². The van der Waals surface area contributed by atoms with Crippen LogP contribution in [0.15, 0.2) is 225 Å². The van der Waals surface area contributed by atoms with Crippen LogP contribution >= 0.6 is 0 Å². The van der Waals surface area contributed by atoms with Crippen LogP contribution in [0.1, 0.15) is 27.7 Å². The number of fused-ring (bicyclic) bond motifs is 14. The molecular formula is C61H49N5. The first-order chi connectivity index (χ1) is 32.8. The second-order valence-corrected chi connectivity index (χ2v) is 16.0. The number of aromatic nitrogens is 3. The van der Waals surface area contributed by atoms with Crippen LogP contribution in [0, 0.1) is 0 Å². The van der Waals surface area contributed by atoms with Crippen LogP contribution < -0.4 is 9.80 Å². The lowest BCUT2D eigenvalue weighted by Gasteiger charge is -2.27. The number of nitrogens with zero attached hydrogens (tertiary/aromatic N) is 5. The van der Waals surface area contributed by atoms with Crippen molar-refractivity contribution in [1.82, 2.24) is 14.1 Å². The summed E-state index contributed by atoms with van der Waals surface area (Å²) in [5.74, 6) is 0. The van der Waals surface area contributed by atoms with E-state index in [0.29, 0.717) is 0 Å². The lowest BCUT2D eigenvalue weighted by Crippen LogP contribution is -2.11. The quantitative estimate of drug-likeness (QED) is 0.177. The van der Waals surface area contributed by atoms with Gasteiger partial charge in [0.1, 0.15) is 0 Å². The third-order valence-corrected chi connectivity index (χ3v) is 12.6. The Morgan fingerprint density at radius 1 is 0.318 bits per heavy atom. The molecule has 0 aliphatic carbocycles. The number of anilines is 6. The lowest BCUT2D eigenvalue weighted by atomic mass is 9.98. The Kier molecular flexibility index (Phi) is 10.4. The van der Waals surface area contributed by atoms with E-state index < -0.39 is 0 Å². The zero-order valence-corrected chi connectivity index (χ0v) is 37.6. The Hall–Kier alpha value is -8.41. The van der Waals surface area contributed by atoms with Crippen molar-refractivity contribution in [1.29, 1.82) is 0 Å². The highest BCUT2D eigenvalue weighted by atomic mass is 15.2. The molecule has 0 unspecified atom stereocenters. The van der Waals surface area contributed by atoms with E-state index in [2.05, 4.69) is 231 Å². The Morgan fingerprint density at radius 3 is 1.21 bits per heavy atom. The molecule has 5 heterocycles. The van der Waals surface area contributed by atoms with Gasteiger partial charge in [-0.3, -0.25) is 4.98 Å². The molecule has 318 valence electrons. The summed E-state index contributed by atoms with van der Waals surface area (Å²) < 4.78 is 4.95. The topological polar surface area (TPSA) is 29.2 Å². The van der Waals surface area contributed by atoms with Crippen LogP contribution in [0.2, 0.25) is 0 Å². The summed E-state index contributed by atoms with van der Waals surface area (Å²) >= 11 is 0. The van der Waals surface area contributed by atoms with E-state index in [0.717, 1.165) is 78.7 Å².